The largest absolute Gasteiger partial charge is 0.497 e. The molecular formula is C15H21NO7S. The fourth-order valence-corrected chi connectivity index (χ4v) is 3.15. The summed E-state index contributed by atoms with van der Waals surface area (Å²) in [6, 6.07) is 3.88. The van der Waals surface area contributed by atoms with E-state index in [1.165, 1.54) is 45.2 Å². The summed E-state index contributed by atoms with van der Waals surface area (Å²) in [6.45, 7) is 4.02. The highest BCUT2D eigenvalue weighted by atomic mass is 32.2. The van der Waals surface area contributed by atoms with Crippen molar-refractivity contribution in [2.75, 3.05) is 13.7 Å². The molecule has 1 aromatic carbocycles. The lowest BCUT2D eigenvalue weighted by molar-refractivity contribution is -0.158. The van der Waals surface area contributed by atoms with Crippen LogP contribution < -0.4 is 9.46 Å². The lowest BCUT2D eigenvalue weighted by Gasteiger charge is -2.29. The monoisotopic (exact) mass is 359 g/mol. The topological polar surface area (TPSA) is 119 Å². The van der Waals surface area contributed by atoms with Crippen molar-refractivity contribution >= 4 is 22.0 Å². The first-order chi connectivity index (χ1) is 11.1. The Balaban J connectivity index is 3.20. The second-order valence-corrected chi connectivity index (χ2v) is 7.22. The number of sulfonamides is 1. The number of aliphatic carboxylic acids is 1. The number of esters is 1. The van der Waals surface area contributed by atoms with Crippen LogP contribution in [0.25, 0.3) is 0 Å². The van der Waals surface area contributed by atoms with Gasteiger partial charge in [0.25, 0.3) is 0 Å². The average Bonchev–Trinajstić information content (AvgIpc) is 2.52. The number of carboxylic acids is 1. The lowest BCUT2D eigenvalue weighted by atomic mass is 9.85. The molecule has 0 saturated heterocycles. The molecule has 0 aromatic heterocycles. The molecule has 0 bridgehead atoms. The van der Waals surface area contributed by atoms with E-state index in [-0.39, 0.29) is 11.5 Å². The van der Waals surface area contributed by atoms with Gasteiger partial charge in [-0.25, -0.2) is 8.42 Å². The molecule has 0 saturated carbocycles. The van der Waals surface area contributed by atoms with E-state index in [2.05, 4.69) is 4.72 Å². The highest BCUT2D eigenvalue weighted by molar-refractivity contribution is 7.89. The van der Waals surface area contributed by atoms with Gasteiger partial charge in [0, 0.05) is 0 Å². The number of nitrogens with one attached hydrogen (secondary N) is 1. The molecule has 8 nitrogen and oxygen atoms in total. The quantitative estimate of drug-likeness (QED) is 0.665. The van der Waals surface area contributed by atoms with Gasteiger partial charge in [0.05, 0.1) is 24.0 Å². The van der Waals surface area contributed by atoms with Crippen LogP contribution in [-0.2, 0) is 24.3 Å². The van der Waals surface area contributed by atoms with Crippen LogP contribution in [0.2, 0.25) is 0 Å². The minimum Gasteiger partial charge on any atom is -0.497 e. The lowest BCUT2D eigenvalue weighted by Crippen LogP contribution is -2.54. The Morgan fingerprint density at radius 2 is 1.79 bits per heavy atom. The number of ether oxygens (including phenoxy) is 2. The van der Waals surface area contributed by atoms with Crippen molar-refractivity contribution in [3.63, 3.8) is 0 Å². The van der Waals surface area contributed by atoms with Crippen molar-refractivity contribution in [3.8, 4) is 5.75 Å². The van der Waals surface area contributed by atoms with Gasteiger partial charge in [-0.05, 0) is 45.0 Å². The van der Waals surface area contributed by atoms with Gasteiger partial charge in [-0.3, -0.25) is 9.59 Å². The van der Waals surface area contributed by atoms with Gasteiger partial charge in [-0.2, -0.15) is 4.72 Å². The Kier molecular flexibility index (Phi) is 6.33. The molecule has 1 aromatic rings. The molecule has 0 aliphatic heterocycles. The third kappa shape index (κ3) is 4.45. The van der Waals surface area contributed by atoms with Gasteiger partial charge in [0.1, 0.15) is 11.8 Å². The number of carboxylic acid groups (broad SMARTS) is 1. The normalized spacial score (nSPS) is 13.2. The summed E-state index contributed by atoms with van der Waals surface area (Å²) in [5, 5.41) is 9.31. The van der Waals surface area contributed by atoms with Crippen LogP contribution in [0, 0.1) is 5.41 Å². The number of hydrogen-bond donors (Lipinski definition) is 2. The van der Waals surface area contributed by atoms with Crippen molar-refractivity contribution in [3.05, 3.63) is 24.3 Å². The maximum Gasteiger partial charge on any atom is 0.325 e. The average molecular weight is 359 g/mol. The predicted octanol–water partition coefficient (Wildman–Crippen LogP) is 1.02. The zero-order valence-corrected chi connectivity index (χ0v) is 14.7. The van der Waals surface area contributed by atoms with Crippen LogP contribution >= 0.6 is 0 Å². The van der Waals surface area contributed by atoms with Gasteiger partial charge in [0.2, 0.25) is 10.0 Å². The Morgan fingerprint density at radius 1 is 1.25 bits per heavy atom. The summed E-state index contributed by atoms with van der Waals surface area (Å²) in [4.78, 5) is 23.4. The van der Waals surface area contributed by atoms with Crippen molar-refractivity contribution in [1.82, 2.24) is 4.72 Å². The Labute approximate surface area is 140 Å². The summed E-state index contributed by atoms with van der Waals surface area (Å²) >= 11 is 0. The van der Waals surface area contributed by atoms with Crippen LogP contribution in [-0.4, -0.2) is 45.2 Å². The summed E-state index contributed by atoms with van der Waals surface area (Å²) in [6.07, 6.45) is 0. The summed E-state index contributed by atoms with van der Waals surface area (Å²) in [7, 11) is -2.70. The molecule has 1 atom stereocenters. The molecule has 24 heavy (non-hydrogen) atoms. The van der Waals surface area contributed by atoms with Crippen LogP contribution in [0.15, 0.2) is 29.2 Å². The first kappa shape index (κ1) is 19.9. The molecule has 0 aliphatic rings. The smallest absolute Gasteiger partial charge is 0.325 e. The Morgan fingerprint density at radius 3 is 2.21 bits per heavy atom. The zero-order chi connectivity index (χ0) is 18.5. The number of benzene rings is 1. The molecule has 1 rings (SSSR count). The van der Waals surface area contributed by atoms with Crippen LogP contribution in [0.3, 0.4) is 0 Å². The number of carbonyl (C=O) groups is 2. The second-order valence-electron chi connectivity index (χ2n) is 5.51. The van der Waals surface area contributed by atoms with Crippen molar-refractivity contribution < 1.29 is 32.6 Å². The molecule has 1 unspecified atom stereocenters. The third-order valence-corrected chi connectivity index (χ3v) is 4.88. The standard InChI is InChI=1S/C15H21NO7S/c1-5-23-13(17)12(15(2,3)14(18)19)16-24(20,21)11-8-6-10(22-4)7-9-11/h6-9,12,16H,5H2,1-4H3,(H,18,19). The highest BCUT2D eigenvalue weighted by Gasteiger charge is 2.45. The molecule has 0 aliphatic carbocycles. The van der Waals surface area contributed by atoms with E-state index in [4.69, 9.17) is 9.47 Å². The van der Waals surface area contributed by atoms with Crippen LogP contribution in [0.1, 0.15) is 20.8 Å². The molecule has 0 radical (unpaired) electrons. The van der Waals surface area contributed by atoms with Gasteiger partial charge in [-0.1, -0.05) is 0 Å². The minimum absolute atomic E-state index is 0.00467. The van der Waals surface area contributed by atoms with E-state index < -0.39 is 33.4 Å². The Hall–Kier alpha value is -2.13. The number of hydrogen-bond acceptors (Lipinski definition) is 6. The van der Waals surface area contributed by atoms with E-state index in [9.17, 15) is 23.1 Å². The number of rotatable bonds is 8. The predicted molar refractivity (Wildman–Crippen MR) is 85.2 cm³/mol. The molecule has 0 spiro atoms. The molecule has 0 fully saturated rings. The maximum atomic E-state index is 12.5. The van der Waals surface area contributed by atoms with E-state index in [1.807, 2.05) is 0 Å². The van der Waals surface area contributed by atoms with Gasteiger partial charge in [0.15, 0.2) is 0 Å². The van der Waals surface area contributed by atoms with Crippen molar-refractivity contribution in [1.29, 1.82) is 0 Å². The summed E-state index contributed by atoms with van der Waals surface area (Å²) < 4.78 is 36.8. The van der Waals surface area contributed by atoms with E-state index >= 15 is 0 Å². The third-order valence-electron chi connectivity index (χ3n) is 3.44. The van der Waals surface area contributed by atoms with Crippen LogP contribution in [0.5, 0.6) is 5.75 Å². The van der Waals surface area contributed by atoms with E-state index in [1.54, 1.807) is 6.92 Å². The maximum absolute atomic E-state index is 12.5. The summed E-state index contributed by atoms with van der Waals surface area (Å²) in [5.41, 5.74) is -1.70. The highest BCUT2D eigenvalue weighted by Crippen LogP contribution is 2.25. The van der Waals surface area contributed by atoms with Crippen molar-refractivity contribution in [2.45, 2.75) is 31.7 Å². The molecular weight excluding hydrogens is 338 g/mol. The van der Waals surface area contributed by atoms with E-state index in [0.29, 0.717) is 5.75 Å². The molecule has 134 valence electrons. The molecule has 0 amide bonds. The van der Waals surface area contributed by atoms with Gasteiger partial charge >= 0.3 is 11.9 Å². The first-order valence-electron chi connectivity index (χ1n) is 7.12. The Bertz CT molecular complexity index is 695. The minimum atomic E-state index is -4.13. The first-order valence-corrected chi connectivity index (χ1v) is 8.61. The van der Waals surface area contributed by atoms with Crippen molar-refractivity contribution in [2.24, 2.45) is 5.41 Å². The number of carbonyl (C=O) groups excluding carboxylic acids is 1. The van der Waals surface area contributed by atoms with Crippen LogP contribution in [0.4, 0.5) is 0 Å². The van der Waals surface area contributed by atoms with Gasteiger partial charge < -0.3 is 14.6 Å². The fourth-order valence-electron chi connectivity index (χ4n) is 1.82. The van der Waals surface area contributed by atoms with E-state index in [0.717, 1.165) is 0 Å². The number of methoxy groups -OCH3 is 1. The SMILES string of the molecule is CCOC(=O)C(NS(=O)(=O)c1ccc(OC)cc1)C(C)(C)C(=O)O. The summed E-state index contributed by atoms with van der Waals surface area (Å²) in [5.74, 6) is -1.83. The molecule has 2 N–H and O–H groups in total. The zero-order valence-electron chi connectivity index (χ0n) is 13.9. The molecule has 9 heteroatoms. The molecule has 0 heterocycles. The fraction of sp³-hybridized carbons (Fsp3) is 0.467. The van der Waals surface area contributed by atoms with Gasteiger partial charge in [-0.15, -0.1) is 0 Å². The second kappa shape index (κ2) is 7.63.